The lowest BCUT2D eigenvalue weighted by Gasteiger charge is -2.26. The lowest BCUT2D eigenvalue weighted by atomic mass is 10.1. The van der Waals surface area contributed by atoms with E-state index in [1.165, 1.54) is 32.4 Å². The Balaban J connectivity index is 1.93. The van der Waals surface area contributed by atoms with Gasteiger partial charge in [-0.05, 0) is 45.8 Å². The van der Waals surface area contributed by atoms with Crippen LogP contribution in [-0.2, 0) is 0 Å². The number of likely N-dealkylation sites (tertiary alicyclic amines) is 1. The summed E-state index contributed by atoms with van der Waals surface area (Å²) in [5.74, 6) is 0. The number of anilines is 1. The number of piperidine rings is 1. The molecular weight excluding hydrogens is 236 g/mol. The molecule has 2 rings (SSSR count). The molecule has 4 nitrogen and oxygen atoms in total. The van der Waals surface area contributed by atoms with Crippen molar-refractivity contribution in [2.75, 3.05) is 31.5 Å². The Labute approximate surface area is 115 Å². The smallest absolute Gasteiger partial charge is 0.103 e. The van der Waals surface area contributed by atoms with Gasteiger partial charge in [0.05, 0.1) is 16.9 Å². The molecule has 0 radical (unpaired) electrons. The van der Waals surface area contributed by atoms with Crippen LogP contribution in [0.15, 0.2) is 6.07 Å². The van der Waals surface area contributed by atoms with E-state index in [9.17, 15) is 5.26 Å². The lowest BCUT2D eigenvalue weighted by Crippen LogP contribution is -2.33. The third-order valence-corrected chi connectivity index (χ3v) is 3.63. The lowest BCUT2D eigenvalue weighted by molar-refractivity contribution is 0.237. The normalized spacial score (nSPS) is 16.1. The molecule has 1 saturated heterocycles. The van der Waals surface area contributed by atoms with Crippen molar-refractivity contribution in [1.82, 2.24) is 9.88 Å². The van der Waals surface area contributed by atoms with Gasteiger partial charge in [0, 0.05) is 18.8 Å². The van der Waals surface area contributed by atoms with Crippen molar-refractivity contribution < 1.29 is 0 Å². The summed E-state index contributed by atoms with van der Waals surface area (Å²) >= 11 is 0. The van der Waals surface area contributed by atoms with Gasteiger partial charge in [0.25, 0.3) is 0 Å². The highest BCUT2D eigenvalue weighted by Crippen LogP contribution is 2.18. The maximum atomic E-state index is 9.20. The SMILES string of the molecule is Cc1cc(NCCN2CCCCC2)c(C#N)c(C)n1. The van der Waals surface area contributed by atoms with E-state index in [1.54, 1.807) is 0 Å². The van der Waals surface area contributed by atoms with E-state index in [0.717, 1.165) is 30.2 Å². The topological polar surface area (TPSA) is 52.0 Å². The number of hydrogen-bond acceptors (Lipinski definition) is 4. The van der Waals surface area contributed by atoms with E-state index in [1.807, 2.05) is 19.9 Å². The van der Waals surface area contributed by atoms with Gasteiger partial charge in [-0.1, -0.05) is 6.42 Å². The largest absolute Gasteiger partial charge is 0.383 e. The molecule has 0 aliphatic carbocycles. The van der Waals surface area contributed by atoms with Crippen molar-refractivity contribution in [3.05, 3.63) is 23.0 Å². The van der Waals surface area contributed by atoms with Gasteiger partial charge in [-0.15, -0.1) is 0 Å². The van der Waals surface area contributed by atoms with Crippen molar-refractivity contribution in [1.29, 1.82) is 5.26 Å². The third kappa shape index (κ3) is 3.68. The minimum atomic E-state index is 0.671. The van der Waals surface area contributed by atoms with Crippen molar-refractivity contribution in [2.45, 2.75) is 33.1 Å². The number of pyridine rings is 1. The number of nitrogens with one attached hydrogen (secondary N) is 1. The Bertz CT molecular complexity index is 470. The zero-order valence-corrected chi connectivity index (χ0v) is 11.9. The van der Waals surface area contributed by atoms with Crippen LogP contribution in [0.2, 0.25) is 0 Å². The van der Waals surface area contributed by atoms with Crippen LogP contribution in [-0.4, -0.2) is 36.1 Å². The fraction of sp³-hybridized carbons (Fsp3) is 0.600. The van der Waals surface area contributed by atoms with E-state index < -0.39 is 0 Å². The molecule has 1 N–H and O–H groups in total. The molecule has 102 valence electrons. The summed E-state index contributed by atoms with van der Waals surface area (Å²) in [6, 6.07) is 4.20. The van der Waals surface area contributed by atoms with Crippen LogP contribution < -0.4 is 5.32 Å². The first-order valence-corrected chi connectivity index (χ1v) is 7.05. The quantitative estimate of drug-likeness (QED) is 0.901. The number of nitrogens with zero attached hydrogens (tertiary/aromatic N) is 3. The zero-order valence-electron chi connectivity index (χ0n) is 11.9. The second-order valence-corrected chi connectivity index (χ2v) is 5.21. The van der Waals surface area contributed by atoms with Gasteiger partial charge >= 0.3 is 0 Å². The Morgan fingerprint density at radius 1 is 1.32 bits per heavy atom. The average molecular weight is 258 g/mol. The maximum Gasteiger partial charge on any atom is 0.103 e. The second kappa shape index (κ2) is 6.53. The molecule has 0 saturated carbocycles. The molecule has 0 atom stereocenters. The van der Waals surface area contributed by atoms with E-state index in [2.05, 4.69) is 21.3 Å². The Morgan fingerprint density at radius 2 is 2.05 bits per heavy atom. The minimum Gasteiger partial charge on any atom is -0.383 e. The Morgan fingerprint density at radius 3 is 2.74 bits per heavy atom. The molecule has 2 heterocycles. The van der Waals surface area contributed by atoms with Gasteiger partial charge in [-0.2, -0.15) is 5.26 Å². The molecule has 4 heteroatoms. The summed E-state index contributed by atoms with van der Waals surface area (Å²) in [7, 11) is 0. The molecule has 0 amide bonds. The molecular formula is C15H22N4. The summed E-state index contributed by atoms with van der Waals surface area (Å²) in [4.78, 5) is 6.82. The molecule has 1 aromatic heterocycles. The molecule has 1 aliphatic rings. The summed E-state index contributed by atoms with van der Waals surface area (Å²) in [5.41, 5.74) is 3.36. The summed E-state index contributed by atoms with van der Waals surface area (Å²) in [6.07, 6.45) is 4.00. The highest BCUT2D eigenvalue weighted by atomic mass is 15.1. The first-order chi connectivity index (χ1) is 9.20. The monoisotopic (exact) mass is 258 g/mol. The molecule has 0 bridgehead atoms. The fourth-order valence-electron chi connectivity index (χ4n) is 2.64. The molecule has 0 unspecified atom stereocenters. The van der Waals surface area contributed by atoms with Crippen LogP contribution in [0.5, 0.6) is 0 Å². The number of aromatic nitrogens is 1. The highest BCUT2D eigenvalue weighted by molar-refractivity contribution is 5.59. The Hall–Kier alpha value is -1.60. The number of aryl methyl sites for hydroxylation is 2. The molecule has 19 heavy (non-hydrogen) atoms. The van der Waals surface area contributed by atoms with Crippen LogP contribution in [0, 0.1) is 25.2 Å². The van der Waals surface area contributed by atoms with Gasteiger partial charge in [-0.25, -0.2) is 0 Å². The zero-order chi connectivity index (χ0) is 13.7. The van der Waals surface area contributed by atoms with Crippen molar-refractivity contribution >= 4 is 5.69 Å². The number of nitriles is 1. The third-order valence-electron chi connectivity index (χ3n) is 3.63. The maximum absolute atomic E-state index is 9.20. The molecule has 1 aliphatic heterocycles. The number of hydrogen-bond donors (Lipinski definition) is 1. The van der Waals surface area contributed by atoms with E-state index >= 15 is 0 Å². The van der Waals surface area contributed by atoms with Crippen LogP contribution in [0.1, 0.15) is 36.2 Å². The Kier molecular flexibility index (Phi) is 4.75. The highest BCUT2D eigenvalue weighted by Gasteiger charge is 2.11. The predicted octanol–water partition coefficient (Wildman–Crippen LogP) is 2.47. The standard InChI is InChI=1S/C15H22N4/c1-12-10-15(14(11-16)13(2)18-12)17-6-9-19-7-4-3-5-8-19/h10H,3-9H2,1-2H3,(H,17,18). The van der Waals surface area contributed by atoms with Crippen molar-refractivity contribution in [2.24, 2.45) is 0 Å². The van der Waals surface area contributed by atoms with E-state index in [0.29, 0.717) is 5.56 Å². The minimum absolute atomic E-state index is 0.671. The van der Waals surface area contributed by atoms with Gasteiger partial charge in [-0.3, -0.25) is 4.98 Å². The number of rotatable bonds is 4. The van der Waals surface area contributed by atoms with Gasteiger partial charge in [0.2, 0.25) is 0 Å². The molecule has 0 aromatic carbocycles. The fourth-order valence-corrected chi connectivity index (χ4v) is 2.64. The van der Waals surface area contributed by atoms with Gasteiger partial charge < -0.3 is 10.2 Å². The summed E-state index contributed by atoms with van der Waals surface area (Å²) < 4.78 is 0. The molecule has 0 spiro atoms. The van der Waals surface area contributed by atoms with Crippen LogP contribution in [0.4, 0.5) is 5.69 Å². The average Bonchev–Trinajstić information content (AvgIpc) is 2.39. The van der Waals surface area contributed by atoms with E-state index in [-0.39, 0.29) is 0 Å². The first-order valence-electron chi connectivity index (χ1n) is 7.05. The van der Waals surface area contributed by atoms with Crippen LogP contribution >= 0.6 is 0 Å². The van der Waals surface area contributed by atoms with E-state index in [4.69, 9.17) is 0 Å². The summed E-state index contributed by atoms with van der Waals surface area (Å²) in [6.45, 7) is 8.20. The summed E-state index contributed by atoms with van der Waals surface area (Å²) in [5, 5.41) is 12.6. The molecule has 1 aromatic rings. The van der Waals surface area contributed by atoms with Crippen LogP contribution in [0.25, 0.3) is 0 Å². The second-order valence-electron chi connectivity index (χ2n) is 5.21. The first kappa shape index (κ1) is 13.8. The van der Waals surface area contributed by atoms with Crippen molar-refractivity contribution in [3.63, 3.8) is 0 Å². The van der Waals surface area contributed by atoms with Gasteiger partial charge in [0.1, 0.15) is 6.07 Å². The molecule has 1 fully saturated rings. The van der Waals surface area contributed by atoms with Crippen molar-refractivity contribution in [3.8, 4) is 6.07 Å². The predicted molar refractivity (Wildman–Crippen MR) is 77.2 cm³/mol. The van der Waals surface area contributed by atoms with Gasteiger partial charge in [0.15, 0.2) is 0 Å². The van der Waals surface area contributed by atoms with Crippen LogP contribution in [0.3, 0.4) is 0 Å².